The Kier molecular flexibility index (Phi) is 2.72. The first-order valence-corrected chi connectivity index (χ1v) is 5.27. The van der Waals surface area contributed by atoms with Crippen LogP contribution in [0.25, 0.3) is 0 Å². The van der Waals surface area contributed by atoms with Crippen LogP contribution in [0.2, 0.25) is 5.02 Å². The van der Waals surface area contributed by atoms with E-state index in [1.807, 2.05) is 0 Å². The van der Waals surface area contributed by atoms with Crippen LogP contribution in [0.15, 0.2) is 29.2 Å². The second kappa shape index (κ2) is 3.43. The molecular formula is C7H8ClNO2S. The summed E-state index contributed by atoms with van der Waals surface area (Å²) in [5, 5.41) is 0.393. The number of sulfone groups is 1. The Morgan fingerprint density at radius 1 is 1.42 bits per heavy atom. The first kappa shape index (κ1) is 9.51. The first-order valence-electron chi connectivity index (χ1n) is 3.24. The minimum absolute atomic E-state index is 0.164. The smallest absolute Gasteiger partial charge is 0.191 e. The van der Waals surface area contributed by atoms with E-state index in [0.29, 0.717) is 5.02 Å². The number of nitrogens with two attached hydrogens (primary N) is 1. The average molecular weight is 206 g/mol. The lowest BCUT2D eigenvalue weighted by Gasteiger charge is -2.00. The van der Waals surface area contributed by atoms with Gasteiger partial charge in [-0.2, -0.15) is 0 Å². The van der Waals surface area contributed by atoms with Gasteiger partial charge in [-0.3, -0.25) is 0 Å². The van der Waals surface area contributed by atoms with Gasteiger partial charge in [0.2, 0.25) is 0 Å². The average Bonchev–Trinajstić information content (AvgIpc) is 2.05. The molecule has 0 bridgehead atoms. The van der Waals surface area contributed by atoms with Crippen molar-refractivity contribution in [2.75, 3.05) is 5.88 Å². The molecule has 0 saturated carbocycles. The SMILES string of the molecule is NCS(=O)(=O)c1cccc(Cl)c1. The van der Waals surface area contributed by atoms with Gasteiger partial charge in [-0.05, 0) is 18.2 Å². The van der Waals surface area contributed by atoms with Crippen molar-refractivity contribution in [2.45, 2.75) is 4.90 Å². The highest BCUT2D eigenvalue weighted by Gasteiger charge is 2.10. The summed E-state index contributed by atoms with van der Waals surface area (Å²) in [7, 11) is -3.33. The van der Waals surface area contributed by atoms with Crippen LogP contribution >= 0.6 is 11.6 Å². The summed E-state index contributed by atoms with van der Waals surface area (Å²) >= 11 is 5.60. The van der Waals surface area contributed by atoms with Gasteiger partial charge in [0.15, 0.2) is 9.84 Å². The Hall–Kier alpha value is -0.580. The highest BCUT2D eigenvalue weighted by molar-refractivity contribution is 7.91. The molecule has 0 unspecified atom stereocenters. The van der Waals surface area contributed by atoms with Crippen molar-refractivity contribution in [3.8, 4) is 0 Å². The Morgan fingerprint density at radius 2 is 2.08 bits per heavy atom. The minimum atomic E-state index is -3.33. The minimum Gasteiger partial charge on any atom is -0.317 e. The van der Waals surface area contributed by atoms with E-state index in [1.165, 1.54) is 12.1 Å². The summed E-state index contributed by atoms with van der Waals surface area (Å²) in [4.78, 5) is 0.164. The van der Waals surface area contributed by atoms with E-state index in [9.17, 15) is 8.42 Å². The van der Waals surface area contributed by atoms with Crippen LogP contribution in [-0.4, -0.2) is 14.3 Å². The van der Waals surface area contributed by atoms with E-state index < -0.39 is 15.7 Å². The van der Waals surface area contributed by atoms with Gasteiger partial charge in [0.05, 0.1) is 4.90 Å². The normalized spacial score (nSPS) is 11.5. The molecule has 0 heterocycles. The predicted molar refractivity (Wildman–Crippen MR) is 47.7 cm³/mol. The molecule has 0 aliphatic carbocycles. The van der Waals surface area contributed by atoms with Gasteiger partial charge in [-0.15, -0.1) is 0 Å². The summed E-state index contributed by atoms with van der Waals surface area (Å²) in [5.41, 5.74) is 5.06. The Balaban J connectivity index is 3.21. The summed E-state index contributed by atoms with van der Waals surface area (Å²) in [5.74, 6) is -0.395. The van der Waals surface area contributed by atoms with E-state index in [2.05, 4.69) is 0 Å². The largest absolute Gasteiger partial charge is 0.317 e. The van der Waals surface area contributed by atoms with Crippen molar-refractivity contribution in [3.05, 3.63) is 29.3 Å². The molecule has 0 spiro atoms. The zero-order chi connectivity index (χ0) is 9.19. The van der Waals surface area contributed by atoms with Crippen molar-refractivity contribution >= 4 is 21.4 Å². The third-order valence-corrected chi connectivity index (χ3v) is 3.02. The van der Waals surface area contributed by atoms with Crippen molar-refractivity contribution in [1.29, 1.82) is 0 Å². The Morgan fingerprint density at radius 3 is 2.58 bits per heavy atom. The third kappa shape index (κ3) is 1.97. The maximum Gasteiger partial charge on any atom is 0.191 e. The molecule has 0 aromatic heterocycles. The topological polar surface area (TPSA) is 60.2 Å². The molecular weight excluding hydrogens is 198 g/mol. The maximum absolute atomic E-state index is 11.2. The van der Waals surface area contributed by atoms with E-state index in [1.54, 1.807) is 12.1 Å². The predicted octanol–water partition coefficient (Wildman–Crippen LogP) is 1.03. The number of halogens is 1. The fourth-order valence-electron chi connectivity index (χ4n) is 0.757. The second-order valence-electron chi connectivity index (χ2n) is 2.24. The number of rotatable bonds is 2. The molecule has 1 aromatic carbocycles. The van der Waals surface area contributed by atoms with Gasteiger partial charge >= 0.3 is 0 Å². The quantitative estimate of drug-likeness (QED) is 0.785. The summed E-state index contributed by atoms with van der Waals surface area (Å²) in [6.45, 7) is 0. The third-order valence-electron chi connectivity index (χ3n) is 1.37. The molecule has 12 heavy (non-hydrogen) atoms. The van der Waals surface area contributed by atoms with Gasteiger partial charge in [0.25, 0.3) is 0 Å². The lowest BCUT2D eigenvalue weighted by atomic mass is 10.4. The number of hydrogen-bond donors (Lipinski definition) is 1. The zero-order valence-corrected chi connectivity index (χ0v) is 7.77. The van der Waals surface area contributed by atoms with Crippen LogP contribution in [0.4, 0.5) is 0 Å². The van der Waals surface area contributed by atoms with E-state index >= 15 is 0 Å². The monoisotopic (exact) mass is 205 g/mol. The highest BCUT2D eigenvalue weighted by atomic mass is 35.5. The van der Waals surface area contributed by atoms with Crippen molar-refractivity contribution in [3.63, 3.8) is 0 Å². The molecule has 5 heteroatoms. The van der Waals surface area contributed by atoms with Gasteiger partial charge in [-0.1, -0.05) is 17.7 Å². The van der Waals surface area contributed by atoms with Crippen LogP contribution in [0, 0.1) is 0 Å². The van der Waals surface area contributed by atoms with Gasteiger partial charge in [0, 0.05) is 5.02 Å². The van der Waals surface area contributed by atoms with Crippen LogP contribution in [0.1, 0.15) is 0 Å². The fourth-order valence-corrected chi connectivity index (χ4v) is 1.80. The Bertz CT molecular complexity index is 375. The highest BCUT2D eigenvalue weighted by Crippen LogP contribution is 2.15. The lowest BCUT2D eigenvalue weighted by Crippen LogP contribution is -2.14. The Labute approximate surface area is 76.1 Å². The van der Waals surface area contributed by atoms with Crippen molar-refractivity contribution < 1.29 is 8.42 Å². The molecule has 3 nitrogen and oxygen atoms in total. The molecule has 0 atom stereocenters. The molecule has 1 rings (SSSR count). The first-order chi connectivity index (χ1) is 5.56. The van der Waals surface area contributed by atoms with Crippen LogP contribution in [0.3, 0.4) is 0 Å². The lowest BCUT2D eigenvalue weighted by molar-refractivity contribution is 0.596. The molecule has 0 amide bonds. The molecule has 0 aliphatic heterocycles. The zero-order valence-electron chi connectivity index (χ0n) is 6.20. The van der Waals surface area contributed by atoms with Crippen LogP contribution in [-0.2, 0) is 9.84 Å². The standard InChI is InChI=1S/C7H8ClNO2S/c8-6-2-1-3-7(4-6)12(10,11)5-9/h1-4H,5,9H2. The van der Waals surface area contributed by atoms with E-state index in [-0.39, 0.29) is 4.90 Å². The molecule has 0 saturated heterocycles. The second-order valence-corrected chi connectivity index (χ2v) is 4.71. The number of hydrogen-bond acceptors (Lipinski definition) is 3. The van der Waals surface area contributed by atoms with Crippen molar-refractivity contribution in [2.24, 2.45) is 5.73 Å². The summed E-state index contributed by atoms with van der Waals surface area (Å²) in [6.07, 6.45) is 0. The van der Waals surface area contributed by atoms with E-state index in [4.69, 9.17) is 17.3 Å². The summed E-state index contributed by atoms with van der Waals surface area (Å²) in [6, 6.07) is 6.03. The summed E-state index contributed by atoms with van der Waals surface area (Å²) < 4.78 is 22.3. The molecule has 2 N–H and O–H groups in total. The molecule has 66 valence electrons. The molecule has 0 radical (unpaired) electrons. The fraction of sp³-hybridized carbons (Fsp3) is 0.143. The van der Waals surface area contributed by atoms with Gasteiger partial charge < -0.3 is 5.73 Å². The molecule has 0 fully saturated rings. The molecule has 0 aliphatic rings. The van der Waals surface area contributed by atoms with Gasteiger partial charge in [0.1, 0.15) is 5.88 Å². The van der Waals surface area contributed by atoms with Crippen LogP contribution < -0.4 is 5.73 Å². The van der Waals surface area contributed by atoms with Crippen LogP contribution in [0.5, 0.6) is 0 Å². The van der Waals surface area contributed by atoms with E-state index in [0.717, 1.165) is 0 Å². The van der Waals surface area contributed by atoms with Gasteiger partial charge in [-0.25, -0.2) is 8.42 Å². The maximum atomic E-state index is 11.2. The molecule has 1 aromatic rings. The number of benzene rings is 1. The van der Waals surface area contributed by atoms with Crippen molar-refractivity contribution in [1.82, 2.24) is 0 Å².